The van der Waals surface area contributed by atoms with Gasteiger partial charge in [-0.2, -0.15) is 0 Å². The second-order valence-electron chi connectivity index (χ2n) is 7.25. The first-order valence-corrected chi connectivity index (χ1v) is 11.4. The van der Waals surface area contributed by atoms with Crippen LogP contribution in [0.4, 0.5) is 5.69 Å². The summed E-state index contributed by atoms with van der Waals surface area (Å²) in [6.45, 7) is 0.779. The zero-order chi connectivity index (χ0) is 22.5. The van der Waals surface area contributed by atoms with Gasteiger partial charge in [-0.15, -0.1) is 11.8 Å². The summed E-state index contributed by atoms with van der Waals surface area (Å²) >= 11 is 1.61. The highest BCUT2D eigenvalue weighted by atomic mass is 32.2. The van der Waals surface area contributed by atoms with Crippen LogP contribution in [0.2, 0.25) is 0 Å². The summed E-state index contributed by atoms with van der Waals surface area (Å²) in [5.41, 5.74) is 3.24. The number of carbonyl (C=O) groups excluding carboxylic acids is 1. The van der Waals surface area contributed by atoms with Crippen molar-refractivity contribution in [3.8, 4) is 11.1 Å². The average Bonchev–Trinajstić information content (AvgIpc) is 3.18. The van der Waals surface area contributed by atoms with Crippen molar-refractivity contribution >= 4 is 34.4 Å². The number of nitrogens with one attached hydrogen (secondary N) is 1. The molecule has 0 aliphatic heterocycles. The lowest BCUT2D eigenvalue weighted by atomic mass is 10.1. The van der Waals surface area contributed by atoms with Gasteiger partial charge < -0.3 is 14.6 Å². The topological polar surface area (TPSA) is 78.2 Å². The number of methoxy groups -OCH3 is 1. The molecule has 0 unspecified atom stereocenters. The largest absolute Gasteiger partial charge is 0.383 e. The Balaban J connectivity index is 1.73. The highest BCUT2D eigenvalue weighted by molar-refractivity contribution is 7.98. The predicted molar refractivity (Wildman–Crippen MR) is 128 cm³/mol. The number of aromatic nitrogens is 3. The summed E-state index contributed by atoms with van der Waals surface area (Å²) < 4.78 is 8.30. The van der Waals surface area contributed by atoms with E-state index in [0.717, 1.165) is 21.7 Å². The third kappa shape index (κ3) is 4.61. The van der Waals surface area contributed by atoms with Crippen molar-refractivity contribution in [1.29, 1.82) is 0 Å². The fourth-order valence-corrected chi connectivity index (χ4v) is 4.03. The molecule has 2 heterocycles. The zero-order valence-corrected chi connectivity index (χ0v) is 18.8. The number of nitrogens with zero attached hydrogens (tertiary/aromatic N) is 3. The molecule has 164 valence electrons. The quantitative estimate of drug-likeness (QED) is 0.414. The van der Waals surface area contributed by atoms with Gasteiger partial charge in [0.25, 0.3) is 5.56 Å². The van der Waals surface area contributed by atoms with E-state index in [4.69, 9.17) is 4.74 Å². The van der Waals surface area contributed by atoms with Gasteiger partial charge in [0.05, 0.1) is 19.5 Å². The average molecular weight is 449 g/mol. The third-order valence-corrected chi connectivity index (χ3v) is 5.86. The van der Waals surface area contributed by atoms with E-state index in [9.17, 15) is 9.59 Å². The maximum absolute atomic E-state index is 13.2. The van der Waals surface area contributed by atoms with Crippen LogP contribution in [0.25, 0.3) is 22.2 Å². The Labute approximate surface area is 190 Å². The summed E-state index contributed by atoms with van der Waals surface area (Å²) in [6, 6.07) is 17.4. The Bertz CT molecular complexity index is 1300. The van der Waals surface area contributed by atoms with Crippen LogP contribution in [0.1, 0.15) is 0 Å². The number of thioether (sulfide) groups is 1. The lowest BCUT2D eigenvalue weighted by molar-refractivity contribution is -0.116. The highest BCUT2D eigenvalue weighted by Gasteiger charge is 2.18. The second kappa shape index (κ2) is 9.84. The van der Waals surface area contributed by atoms with Crippen molar-refractivity contribution in [1.82, 2.24) is 14.1 Å². The molecule has 0 fully saturated rings. The van der Waals surface area contributed by atoms with Gasteiger partial charge in [-0.05, 0) is 30.0 Å². The van der Waals surface area contributed by atoms with Crippen LogP contribution in [0.15, 0.2) is 76.8 Å². The normalized spacial score (nSPS) is 11.1. The molecule has 32 heavy (non-hydrogen) atoms. The molecule has 0 saturated carbocycles. The molecule has 1 N–H and O–H groups in total. The number of fused-ring (bicyclic) bond motifs is 1. The number of hydrogen-bond donors (Lipinski definition) is 1. The van der Waals surface area contributed by atoms with Crippen LogP contribution in [0.3, 0.4) is 0 Å². The smallest absolute Gasteiger partial charge is 0.277 e. The molecule has 1 amide bonds. The SMILES string of the molecule is COCCn1cnc2c(-c3ccccc3)cn(CC(=O)Nc3cccc(SC)c3)c2c1=O. The zero-order valence-electron chi connectivity index (χ0n) is 17.9. The van der Waals surface area contributed by atoms with Gasteiger partial charge in [-0.25, -0.2) is 4.98 Å². The summed E-state index contributed by atoms with van der Waals surface area (Å²) in [7, 11) is 1.59. The standard InChI is InChI=1S/C24H24N4O3S/c1-31-12-11-27-16-25-22-20(17-7-4-3-5-8-17)14-28(23(22)24(27)30)15-21(29)26-18-9-6-10-19(13-18)32-2/h3-10,13-14,16H,11-12,15H2,1-2H3,(H,26,29). The number of ether oxygens (including phenoxy) is 1. The molecule has 0 bridgehead atoms. The Hall–Kier alpha value is -3.36. The summed E-state index contributed by atoms with van der Waals surface area (Å²) in [5, 5.41) is 2.92. The Kier molecular flexibility index (Phi) is 6.72. The van der Waals surface area contributed by atoms with Crippen molar-refractivity contribution < 1.29 is 9.53 Å². The van der Waals surface area contributed by atoms with Crippen LogP contribution in [0.5, 0.6) is 0 Å². The number of anilines is 1. The monoisotopic (exact) mass is 448 g/mol. The molecule has 7 nitrogen and oxygen atoms in total. The van der Waals surface area contributed by atoms with E-state index in [0.29, 0.717) is 24.2 Å². The van der Waals surface area contributed by atoms with E-state index in [1.54, 1.807) is 23.4 Å². The van der Waals surface area contributed by atoms with Crippen molar-refractivity contribution in [2.75, 3.05) is 25.3 Å². The van der Waals surface area contributed by atoms with Gasteiger partial charge in [0, 0.05) is 29.5 Å². The van der Waals surface area contributed by atoms with Crippen LogP contribution in [-0.4, -0.2) is 40.0 Å². The fraction of sp³-hybridized carbons (Fsp3) is 0.208. The van der Waals surface area contributed by atoms with E-state index in [-0.39, 0.29) is 18.0 Å². The molecule has 2 aromatic carbocycles. The van der Waals surface area contributed by atoms with E-state index < -0.39 is 0 Å². The lowest BCUT2D eigenvalue weighted by Gasteiger charge is -2.09. The number of carbonyl (C=O) groups is 1. The van der Waals surface area contributed by atoms with Gasteiger partial charge in [-0.3, -0.25) is 14.2 Å². The molecule has 0 spiro atoms. The maximum Gasteiger partial charge on any atom is 0.277 e. The molecule has 0 saturated heterocycles. The van der Waals surface area contributed by atoms with Crippen LogP contribution in [-0.2, 0) is 22.6 Å². The van der Waals surface area contributed by atoms with Crippen molar-refractivity contribution in [3.05, 3.63) is 77.5 Å². The van der Waals surface area contributed by atoms with Gasteiger partial charge in [0.1, 0.15) is 17.6 Å². The third-order valence-electron chi connectivity index (χ3n) is 5.13. The first kappa shape index (κ1) is 21.9. The summed E-state index contributed by atoms with van der Waals surface area (Å²) in [5.74, 6) is -0.216. The van der Waals surface area contributed by atoms with E-state index in [2.05, 4.69) is 10.3 Å². The van der Waals surface area contributed by atoms with Gasteiger partial charge in [0.2, 0.25) is 5.91 Å². The molecular weight excluding hydrogens is 424 g/mol. The Morgan fingerprint density at radius 2 is 1.94 bits per heavy atom. The van der Waals surface area contributed by atoms with Crippen LogP contribution >= 0.6 is 11.8 Å². The molecule has 0 aliphatic rings. The van der Waals surface area contributed by atoms with Crippen LogP contribution in [0, 0.1) is 0 Å². The van der Waals surface area contributed by atoms with E-state index in [1.165, 1.54) is 10.9 Å². The molecule has 0 radical (unpaired) electrons. The molecular formula is C24H24N4O3S. The summed E-state index contributed by atoms with van der Waals surface area (Å²) in [6.07, 6.45) is 5.35. The number of benzene rings is 2. The highest BCUT2D eigenvalue weighted by Crippen LogP contribution is 2.27. The van der Waals surface area contributed by atoms with Gasteiger partial charge >= 0.3 is 0 Å². The number of amides is 1. The van der Waals surface area contributed by atoms with Crippen molar-refractivity contribution in [3.63, 3.8) is 0 Å². The van der Waals surface area contributed by atoms with Crippen LogP contribution < -0.4 is 10.9 Å². The van der Waals surface area contributed by atoms with Gasteiger partial charge in [-0.1, -0.05) is 36.4 Å². The minimum atomic E-state index is -0.216. The second-order valence-corrected chi connectivity index (χ2v) is 8.13. The molecule has 2 aromatic heterocycles. The predicted octanol–water partition coefficient (Wildman–Crippen LogP) is 3.87. The molecule has 0 aliphatic carbocycles. The molecule has 8 heteroatoms. The first-order valence-electron chi connectivity index (χ1n) is 10.2. The minimum Gasteiger partial charge on any atom is -0.383 e. The van der Waals surface area contributed by atoms with Crippen molar-refractivity contribution in [2.24, 2.45) is 0 Å². The van der Waals surface area contributed by atoms with Gasteiger partial charge in [0.15, 0.2) is 0 Å². The number of rotatable bonds is 8. The minimum absolute atomic E-state index is 0.00194. The number of hydrogen-bond acceptors (Lipinski definition) is 5. The Morgan fingerprint density at radius 1 is 1.12 bits per heavy atom. The van der Waals surface area contributed by atoms with E-state index >= 15 is 0 Å². The molecule has 4 aromatic rings. The summed E-state index contributed by atoms with van der Waals surface area (Å²) in [4.78, 5) is 31.7. The first-order chi connectivity index (χ1) is 15.6. The molecule has 0 atom stereocenters. The van der Waals surface area contributed by atoms with E-state index in [1.807, 2.05) is 67.0 Å². The molecule has 4 rings (SSSR count). The lowest BCUT2D eigenvalue weighted by Crippen LogP contribution is -2.26. The van der Waals surface area contributed by atoms with Crippen molar-refractivity contribution in [2.45, 2.75) is 18.0 Å². The maximum atomic E-state index is 13.2. The fourth-order valence-electron chi connectivity index (χ4n) is 3.57. The Morgan fingerprint density at radius 3 is 2.69 bits per heavy atom.